The second-order valence-corrected chi connectivity index (χ2v) is 8.33. The summed E-state index contributed by atoms with van der Waals surface area (Å²) in [5.74, 6) is -1.31. The molecule has 2 aliphatic heterocycles. The Hall–Kier alpha value is -2.93. The number of urea groups is 1. The third kappa shape index (κ3) is 3.89. The van der Waals surface area contributed by atoms with Crippen LogP contribution in [0.1, 0.15) is 30.9 Å². The molecule has 0 unspecified atom stereocenters. The van der Waals surface area contributed by atoms with E-state index in [1.54, 1.807) is 30.3 Å². The molecular weight excluding hydrogens is 446 g/mol. The Labute approximate surface area is 183 Å². The van der Waals surface area contributed by atoms with Crippen molar-refractivity contribution < 1.29 is 14.4 Å². The van der Waals surface area contributed by atoms with E-state index < -0.39 is 17.8 Å². The number of nitrogens with one attached hydrogen (secondary N) is 1. The van der Waals surface area contributed by atoms with Crippen molar-refractivity contribution in [2.45, 2.75) is 26.2 Å². The van der Waals surface area contributed by atoms with E-state index in [9.17, 15) is 14.4 Å². The number of halogens is 1. The van der Waals surface area contributed by atoms with Gasteiger partial charge in [0.25, 0.3) is 11.8 Å². The van der Waals surface area contributed by atoms with E-state index in [4.69, 9.17) is 0 Å². The van der Waals surface area contributed by atoms with Crippen LogP contribution in [0.3, 0.4) is 0 Å². The van der Waals surface area contributed by atoms with Crippen molar-refractivity contribution in [2.75, 3.05) is 22.9 Å². The number of imide groups is 2. The number of carbonyl (C=O) groups is 3. The summed E-state index contributed by atoms with van der Waals surface area (Å²) in [7, 11) is 0. The molecule has 0 spiro atoms. The molecule has 2 aliphatic rings. The molecular formula is C23H22BrN3O3. The summed E-state index contributed by atoms with van der Waals surface area (Å²) in [5.41, 5.74) is 3.55. The summed E-state index contributed by atoms with van der Waals surface area (Å²) in [5, 5.41) is 2.27. The third-order valence-electron chi connectivity index (χ3n) is 5.31. The van der Waals surface area contributed by atoms with Crippen LogP contribution >= 0.6 is 15.9 Å². The van der Waals surface area contributed by atoms with Gasteiger partial charge in [0.05, 0.1) is 5.69 Å². The summed E-state index contributed by atoms with van der Waals surface area (Å²) < 4.78 is 0.828. The highest BCUT2D eigenvalue weighted by Crippen LogP contribution is 2.30. The largest absolute Gasteiger partial charge is 0.371 e. The predicted octanol–water partition coefficient (Wildman–Crippen LogP) is 4.28. The maximum absolute atomic E-state index is 13.0. The number of benzene rings is 2. The number of anilines is 2. The van der Waals surface area contributed by atoms with Crippen LogP contribution in [-0.2, 0) is 16.0 Å². The Kier molecular flexibility index (Phi) is 5.72. The van der Waals surface area contributed by atoms with Gasteiger partial charge in [0, 0.05) is 23.2 Å². The second kappa shape index (κ2) is 8.44. The van der Waals surface area contributed by atoms with Gasteiger partial charge in [0.15, 0.2) is 0 Å². The summed E-state index contributed by atoms with van der Waals surface area (Å²) in [6.45, 7) is 4.23. The lowest BCUT2D eigenvalue weighted by molar-refractivity contribution is -0.122. The van der Waals surface area contributed by atoms with Crippen LogP contribution in [-0.4, -0.2) is 30.9 Å². The number of rotatable bonds is 4. The monoisotopic (exact) mass is 467 g/mol. The standard InChI is InChI=1S/C23H22BrN3O3/c1-2-11-26-12-3-4-16-13-15(5-10-20(16)26)14-19-21(28)25-23(30)27(22(19)29)18-8-6-17(24)7-9-18/h5-10,13-14H,2-4,11-12H2,1H3,(H,25,28,30). The molecule has 1 N–H and O–H groups in total. The van der Waals surface area contributed by atoms with Crippen molar-refractivity contribution in [3.05, 3.63) is 63.6 Å². The quantitative estimate of drug-likeness (QED) is 0.538. The molecule has 0 aromatic heterocycles. The van der Waals surface area contributed by atoms with Crippen molar-refractivity contribution in [3.8, 4) is 0 Å². The molecule has 154 valence electrons. The topological polar surface area (TPSA) is 69.7 Å². The van der Waals surface area contributed by atoms with Gasteiger partial charge in [-0.05, 0) is 72.9 Å². The van der Waals surface area contributed by atoms with Crippen molar-refractivity contribution in [1.82, 2.24) is 5.32 Å². The number of hydrogen-bond donors (Lipinski definition) is 1. The first-order chi connectivity index (χ1) is 14.5. The maximum Gasteiger partial charge on any atom is 0.335 e. The summed E-state index contributed by atoms with van der Waals surface area (Å²) >= 11 is 3.34. The highest BCUT2D eigenvalue weighted by molar-refractivity contribution is 9.10. The van der Waals surface area contributed by atoms with Crippen LogP contribution in [0, 0.1) is 0 Å². The number of barbiturate groups is 1. The number of aryl methyl sites for hydroxylation is 1. The number of fused-ring (bicyclic) bond motifs is 1. The minimum atomic E-state index is -0.745. The minimum absolute atomic E-state index is 0.0568. The number of hydrogen-bond acceptors (Lipinski definition) is 4. The molecule has 1 saturated heterocycles. The molecule has 2 heterocycles. The SMILES string of the molecule is CCCN1CCCc2cc(C=C3C(=O)NC(=O)N(c4ccc(Br)cc4)C3=O)ccc21. The molecule has 0 radical (unpaired) electrons. The summed E-state index contributed by atoms with van der Waals surface area (Å²) in [6, 6.07) is 12.0. The fraction of sp³-hybridized carbons (Fsp3) is 0.261. The Morgan fingerprint density at radius 2 is 1.87 bits per heavy atom. The molecule has 2 aromatic rings. The smallest absolute Gasteiger partial charge is 0.335 e. The molecule has 0 atom stereocenters. The molecule has 7 heteroatoms. The Morgan fingerprint density at radius 1 is 1.10 bits per heavy atom. The summed E-state index contributed by atoms with van der Waals surface area (Å²) in [6.07, 6.45) is 4.70. The van der Waals surface area contributed by atoms with E-state index in [0.29, 0.717) is 5.69 Å². The van der Waals surface area contributed by atoms with E-state index in [0.717, 1.165) is 47.3 Å². The van der Waals surface area contributed by atoms with Gasteiger partial charge < -0.3 is 4.90 Å². The van der Waals surface area contributed by atoms with Gasteiger partial charge in [-0.15, -0.1) is 0 Å². The average Bonchev–Trinajstić information content (AvgIpc) is 2.72. The van der Waals surface area contributed by atoms with E-state index in [1.165, 1.54) is 11.3 Å². The van der Waals surface area contributed by atoms with Gasteiger partial charge in [-0.3, -0.25) is 14.9 Å². The van der Waals surface area contributed by atoms with E-state index in [-0.39, 0.29) is 5.57 Å². The molecule has 0 bridgehead atoms. The lowest BCUT2D eigenvalue weighted by atomic mass is 9.97. The van der Waals surface area contributed by atoms with Gasteiger partial charge >= 0.3 is 6.03 Å². The van der Waals surface area contributed by atoms with Crippen LogP contribution in [0.5, 0.6) is 0 Å². The van der Waals surface area contributed by atoms with Crippen LogP contribution in [0.25, 0.3) is 6.08 Å². The first kappa shape index (κ1) is 20.3. The molecule has 4 rings (SSSR count). The predicted molar refractivity (Wildman–Crippen MR) is 120 cm³/mol. The molecule has 0 aliphatic carbocycles. The normalized spacial score (nSPS) is 17.9. The zero-order valence-electron chi connectivity index (χ0n) is 16.7. The van der Waals surface area contributed by atoms with Gasteiger partial charge in [-0.25, -0.2) is 9.69 Å². The average molecular weight is 468 g/mol. The van der Waals surface area contributed by atoms with Gasteiger partial charge in [-0.1, -0.05) is 28.9 Å². The lowest BCUT2D eigenvalue weighted by Gasteiger charge is -2.31. The molecule has 4 amide bonds. The van der Waals surface area contributed by atoms with Crippen LogP contribution < -0.4 is 15.1 Å². The number of nitrogens with zero attached hydrogens (tertiary/aromatic N) is 2. The zero-order chi connectivity index (χ0) is 21.3. The van der Waals surface area contributed by atoms with Gasteiger partial charge in [-0.2, -0.15) is 0 Å². The molecule has 1 fully saturated rings. The van der Waals surface area contributed by atoms with Gasteiger partial charge in [0.1, 0.15) is 5.57 Å². The molecule has 2 aromatic carbocycles. The van der Waals surface area contributed by atoms with Crippen LogP contribution in [0.4, 0.5) is 16.2 Å². The van der Waals surface area contributed by atoms with Crippen molar-refractivity contribution in [2.24, 2.45) is 0 Å². The fourth-order valence-electron chi connectivity index (χ4n) is 3.94. The zero-order valence-corrected chi connectivity index (χ0v) is 18.2. The van der Waals surface area contributed by atoms with E-state index in [2.05, 4.69) is 39.1 Å². The Bertz CT molecular complexity index is 1050. The Morgan fingerprint density at radius 3 is 2.60 bits per heavy atom. The van der Waals surface area contributed by atoms with E-state index in [1.807, 2.05) is 12.1 Å². The van der Waals surface area contributed by atoms with Crippen LogP contribution in [0.15, 0.2) is 52.5 Å². The third-order valence-corrected chi connectivity index (χ3v) is 5.84. The summed E-state index contributed by atoms with van der Waals surface area (Å²) in [4.78, 5) is 41.1. The first-order valence-electron chi connectivity index (χ1n) is 10.0. The minimum Gasteiger partial charge on any atom is -0.371 e. The van der Waals surface area contributed by atoms with Crippen LogP contribution in [0.2, 0.25) is 0 Å². The number of carbonyl (C=O) groups excluding carboxylic acids is 3. The van der Waals surface area contributed by atoms with Gasteiger partial charge in [0.2, 0.25) is 0 Å². The Balaban J connectivity index is 1.67. The highest BCUT2D eigenvalue weighted by atomic mass is 79.9. The van der Waals surface area contributed by atoms with E-state index >= 15 is 0 Å². The molecule has 0 saturated carbocycles. The lowest BCUT2D eigenvalue weighted by Crippen LogP contribution is -2.54. The molecule has 6 nitrogen and oxygen atoms in total. The highest BCUT2D eigenvalue weighted by Gasteiger charge is 2.36. The fourth-order valence-corrected chi connectivity index (χ4v) is 4.20. The van der Waals surface area contributed by atoms with Crippen molar-refractivity contribution in [1.29, 1.82) is 0 Å². The number of amides is 4. The molecule has 30 heavy (non-hydrogen) atoms. The van der Waals surface area contributed by atoms with Crippen molar-refractivity contribution >= 4 is 51.2 Å². The maximum atomic E-state index is 13.0. The second-order valence-electron chi connectivity index (χ2n) is 7.41. The van der Waals surface area contributed by atoms with Crippen molar-refractivity contribution in [3.63, 3.8) is 0 Å². The first-order valence-corrected chi connectivity index (χ1v) is 10.8.